The van der Waals surface area contributed by atoms with E-state index in [4.69, 9.17) is 23.2 Å². The van der Waals surface area contributed by atoms with Gasteiger partial charge in [-0.25, -0.2) is 0 Å². The van der Waals surface area contributed by atoms with Gasteiger partial charge in [-0.2, -0.15) is 0 Å². The fraction of sp³-hybridized carbons (Fsp3) is 0.0952. The number of carbonyl (C=O) groups is 1. The predicted molar refractivity (Wildman–Crippen MR) is 104 cm³/mol. The van der Waals surface area contributed by atoms with Gasteiger partial charge in [-0.15, -0.1) is 0 Å². The number of amides is 1. The van der Waals surface area contributed by atoms with E-state index in [2.05, 4.69) is 5.32 Å². The van der Waals surface area contributed by atoms with Crippen LogP contribution in [0, 0.1) is 0 Å². The quantitative estimate of drug-likeness (QED) is 0.573. The fourth-order valence-electron chi connectivity index (χ4n) is 2.74. The van der Waals surface area contributed by atoms with Crippen molar-refractivity contribution in [3.63, 3.8) is 0 Å². The van der Waals surface area contributed by atoms with Gasteiger partial charge in [0.25, 0.3) is 0 Å². The van der Waals surface area contributed by atoms with Crippen LogP contribution in [0.4, 0.5) is 5.69 Å². The van der Waals surface area contributed by atoms with Crippen LogP contribution in [0.3, 0.4) is 0 Å². The summed E-state index contributed by atoms with van der Waals surface area (Å²) in [7, 11) is 0. The SMILES string of the molecule is O=C(CC(c1ccc(Cl)cc1)c1ccc(Cl)cc1)Nc1ccccc1. The van der Waals surface area contributed by atoms with Gasteiger partial charge in [-0.3, -0.25) is 4.79 Å². The minimum Gasteiger partial charge on any atom is -0.326 e. The van der Waals surface area contributed by atoms with Crippen LogP contribution < -0.4 is 5.32 Å². The van der Waals surface area contributed by atoms with E-state index in [9.17, 15) is 4.79 Å². The molecule has 0 atom stereocenters. The van der Waals surface area contributed by atoms with Crippen LogP contribution in [0.1, 0.15) is 23.5 Å². The average molecular weight is 370 g/mol. The van der Waals surface area contributed by atoms with E-state index in [0.29, 0.717) is 16.5 Å². The van der Waals surface area contributed by atoms with Gasteiger partial charge in [-0.1, -0.05) is 65.7 Å². The van der Waals surface area contributed by atoms with Crippen LogP contribution in [0.25, 0.3) is 0 Å². The van der Waals surface area contributed by atoms with Crippen molar-refractivity contribution in [1.82, 2.24) is 0 Å². The summed E-state index contributed by atoms with van der Waals surface area (Å²) in [6.07, 6.45) is 0.332. The van der Waals surface area contributed by atoms with Crippen molar-refractivity contribution in [3.05, 3.63) is 100 Å². The lowest BCUT2D eigenvalue weighted by atomic mass is 9.88. The van der Waals surface area contributed by atoms with Crippen molar-refractivity contribution < 1.29 is 4.79 Å². The number of carbonyl (C=O) groups excluding carboxylic acids is 1. The van der Waals surface area contributed by atoms with E-state index in [1.165, 1.54) is 0 Å². The molecule has 0 aliphatic heterocycles. The standard InChI is InChI=1S/C21H17Cl2NO/c22-17-10-6-15(7-11-17)20(16-8-12-18(23)13-9-16)14-21(25)24-19-4-2-1-3-5-19/h1-13,20H,14H2,(H,24,25). The molecule has 4 heteroatoms. The van der Waals surface area contributed by atoms with E-state index in [1.54, 1.807) is 0 Å². The molecule has 126 valence electrons. The second kappa shape index (κ2) is 8.19. The molecule has 0 spiro atoms. The first-order valence-electron chi connectivity index (χ1n) is 7.97. The third-order valence-corrected chi connectivity index (χ3v) is 4.50. The second-order valence-corrected chi connectivity index (χ2v) is 6.65. The summed E-state index contributed by atoms with van der Waals surface area (Å²) < 4.78 is 0. The zero-order valence-electron chi connectivity index (χ0n) is 13.5. The Hall–Kier alpha value is -2.29. The molecular formula is C21H17Cl2NO. The molecule has 0 bridgehead atoms. The molecule has 0 saturated carbocycles. The minimum absolute atomic E-state index is 0.0406. The van der Waals surface area contributed by atoms with E-state index >= 15 is 0 Å². The van der Waals surface area contributed by atoms with E-state index in [1.807, 2.05) is 78.9 Å². The molecule has 25 heavy (non-hydrogen) atoms. The summed E-state index contributed by atoms with van der Waals surface area (Å²) in [5.41, 5.74) is 2.86. The Morgan fingerprint density at radius 1 is 0.760 bits per heavy atom. The summed E-state index contributed by atoms with van der Waals surface area (Å²) in [6.45, 7) is 0. The van der Waals surface area contributed by atoms with Gasteiger partial charge < -0.3 is 5.32 Å². The maximum atomic E-state index is 12.5. The highest BCUT2D eigenvalue weighted by Crippen LogP contribution is 2.30. The van der Waals surface area contributed by atoms with Crippen LogP contribution in [0.15, 0.2) is 78.9 Å². The lowest BCUT2D eigenvalue weighted by molar-refractivity contribution is -0.116. The van der Waals surface area contributed by atoms with Crippen LogP contribution in [-0.4, -0.2) is 5.91 Å². The van der Waals surface area contributed by atoms with Crippen molar-refractivity contribution in [2.45, 2.75) is 12.3 Å². The lowest BCUT2D eigenvalue weighted by Gasteiger charge is -2.18. The van der Waals surface area contributed by atoms with Crippen molar-refractivity contribution >= 4 is 34.8 Å². The van der Waals surface area contributed by atoms with Gasteiger partial charge in [0, 0.05) is 28.1 Å². The Bertz CT molecular complexity index is 785. The summed E-state index contributed by atoms with van der Waals surface area (Å²) in [5.74, 6) is -0.112. The Morgan fingerprint density at radius 3 is 1.72 bits per heavy atom. The normalized spacial score (nSPS) is 10.7. The predicted octanol–water partition coefficient (Wildman–Crippen LogP) is 6.15. The molecule has 0 unspecified atom stereocenters. The van der Waals surface area contributed by atoms with Crippen LogP contribution in [-0.2, 0) is 4.79 Å². The molecule has 1 N–H and O–H groups in total. The Balaban J connectivity index is 1.84. The number of para-hydroxylation sites is 1. The van der Waals surface area contributed by atoms with Gasteiger partial charge in [0.05, 0.1) is 0 Å². The number of rotatable bonds is 5. The number of benzene rings is 3. The molecule has 3 aromatic rings. The molecular weight excluding hydrogens is 353 g/mol. The monoisotopic (exact) mass is 369 g/mol. The molecule has 2 nitrogen and oxygen atoms in total. The molecule has 3 rings (SSSR count). The molecule has 0 heterocycles. The molecule has 0 aliphatic rings. The van der Waals surface area contributed by atoms with Gasteiger partial charge >= 0.3 is 0 Å². The molecule has 3 aromatic carbocycles. The number of halogens is 2. The van der Waals surface area contributed by atoms with E-state index in [0.717, 1.165) is 16.8 Å². The largest absolute Gasteiger partial charge is 0.326 e. The zero-order valence-corrected chi connectivity index (χ0v) is 15.0. The number of nitrogens with one attached hydrogen (secondary N) is 1. The highest BCUT2D eigenvalue weighted by molar-refractivity contribution is 6.30. The average Bonchev–Trinajstić information content (AvgIpc) is 2.62. The highest BCUT2D eigenvalue weighted by Gasteiger charge is 2.18. The Kier molecular flexibility index (Phi) is 5.75. The molecule has 0 aromatic heterocycles. The van der Waals surface area contributed by atoms with Crippen LogP contribution in [0.2, 0.25) is 10.0 Å². The van der Waals surface area contributed by atoms with Gasteiger partial charge in [-0.05, 0) is 47.5 Å². The smallest absolute Gasteiger partial charge is 0.225 e. The molecule has 0 fully saturated rings. The highest BCUT2D eigenvalue weighted by atomic mass is 35.5. The first-order chi connectivity index (χ1) is 12.1. The van der Waals surface area contributed by atoms with Gasteiger partial charge in [0.1, 0.15) is 0 Å². The first kappa shape index (κ1) is 17.5. The first-order valence-corrected chi connectivity index (χ1v) is 8.73. The van der Waals surface area contributed by atoms with Crippen molar-refractivity contribution in [2.75, 3.05) is 5.32 Å². The Labute approximate surface area is 157 Å². The summed E-state index contributed by atoms with van der Waals surface area (Å²) in [5, 5.41) is 4.29. The third kappa shape index (κ3) is 4.85. The second-order valence-electron chi connectivity index (χ2n) is 5.77. The maximum absolute atomic E-state index is 12.5. The van der Waals surface area contributed by atoms with Crippen molar-refractivity contribution in [2.24, 2.45) is 0 Å². The number of hydrogen-bond acceptors (Lipinski definition) is 1. The maximum Gasteiger partial charge on any atom is 0.225 e. The lowest BCUT2D eigenvalue weighted by Crippen LogP contribution is -2.16. The number of hydrogen-bond donors (Lipinski definition) is 1. The zero-order chi connectivity index (χ0) is 17.6. The topological polar surface area (TPSA) is 29.1 Å². The molecule has 0 radical (unpaired) electrons. The molecule has 1 amide bonds. The minimum atomic E-state index is -0.0711. The van der Waals surface area contributed by atoms with E-state index < -0.39 is 0 Å². The summed E-state index contributed by atoms with van der Waals surface area (Å²) in [6, 6.07) is 24.6. The van der Waals surface area contributed by atoms with E-state index in [-0.39, 0.29) is 11.8 Å². The van der Waals surface area contributed by atoms with Gasteiger partial charge in [0.2, 0.25) is 5.91 Å². The van der Waals surface area contributed by atoms with Crippen molar-refractivity contribution in [1.29, 1.82) is 0 Å². The van der Waals surface area contributed by atoms with Crippen molar-refractivity contribution in [3.8, 4) is 0 Å². The van der Waals surface area contributed by atoms with Crippen LogP contribution >= 0.6 is 23.2 Å². The summed E-state index contributed by atoms with van der Waals surface area (Å²) >= 11 is 12.0. The molecule has 0 aliphatic carbocycles. The van der Waals surface area contributed by atoms with Gasteiger partial charge in [0.15, 0.2) is 0 Å². The third-order valence-electron chi connectivity index (χ3n) is 3.99. The summed E-state index contributed by atoms with van der Waals surface area (Å²) in [4.78, 5) is 12.5. The number of anilines is 1. The van der Waals surface area contributed by atoms with Crippen LogP contribution in [0.5, 0.6) is 0 Å². The Morgan fingerprint density at radius 2 is 1.24 bits per heavy atom. The fourth-order valence-corrected chi connectivity index (χ4v) is 2.99. The molecule has 0 saturated heterocycles.